The van der Waals surface area contributed by atoms with Gasteiger partial charge in [-0.25, -0.2) is 4.99 Å². The van der Waals surface area contributed by atoms with E-state index in [0.29, 0.717) is 0 Å². The van der Waals surface area contributed by atoms with Gasteiger partial charge in [0.05, 0.1) is 20.8 Å². The number of phosphoric ester groups is 1. The molecule has 0 radical (unpaired) electrons. The Balaban J connectivity index is 0.00000156. The molecule has 0 aromatic heterocycles. The summed E-state index contributed by atoms with van der Waals surface area (Å²) in [6.07, 6.45) is -3.18. The first-order valence-corrected chi connectivity index (χ1v) is 7.88. The van der Waals surface area contributed by atoms with Gasteiger partial charge in [-0.3, -0.25) is 14.7 Å². The molecule has 1 fully saturated rings. The maximum Gasteiger partial charge on any atom is 1.00 e. The summed E-state index contributed by atoms with van der Waals surface area (Å²) in [7, 11) is -5.24. The fraction of sp³-hybridized carbons (Fsp3) is 0.600. The number of carbonyl (C=O) groups is 1. The number of aliphatic imine (C=N–C) groups is 3. The van der Waals surface area contributed by atoms with Crippen LogP contribution < -0.4 is 68.9 Å². The minimum absolute atomic E-state index is 0. The minimum atomic E-state index is -5.24. The van der Waals surface area contributed by atoms with Crippen LogP contribution >= 0.6 is 7.82 Å². The molecule has 2 N–H and O–H groups in total. The maximum absolute atomic E-state index is 11.6. The van der Waals surface area contributed by atoms with E-state index < -0.39 is 50.9 Å². The summed E-state index contributed by atoms with van der Waals surface area (Å²) in [5.74, 6) is -0.388. The molecule has 12 nitrogen and oxygen atoms in total. The zero-order valence-electron chi connectivity index (χ0n) is 13.3. The second kappa shape index (κ2) is 9.11. The standard InChI is InChI=1S/C10H13N4O8P.2Na/c15-6-4(1-21-23(18,19)20)22-10(7(6)16)14-3-13-5-8(14)11-2-12-9(5)17;;/h2-7,10,15-16H,1H2,(H2,18,19,20);;/q;2*+1/p-2/t4?,5?,6?,7?,10-;;/m1../s1. The van der Waals surface area contributed by atoms with Gasteiger partial charge in [0.2, 0.25) is 0 Å². The summed E-state index contributed by atoms with van der Waals surface area (Å²) in [6, 6.07) is -0.952. The number of amides is 1. The number of hydrogen-bond donors (Lipinski definition) is 2. The molecule has 0 saturated carbocycles. The van der Waals surface area contributed by atoms with Gasteiger partial charge in [0, 0.05) is 0 Å². The third-order valence-electron chi connectivity index (χ3n) is 3.47. The van der Waals surface area contributed by atoms with Crippen LogP contribution in [0.2, 0.25) is 0 Å². The predicted octanol–water partition coefficient (Wildman–Crippen LogP) is -10.0. The maximum atomic E-state index is 11.6. The summed E-state index contributed by atoms with van der Waals surface area (Å²) in [4.78, 5) is 45.0. The number of amidine groups is 1. The van der Waals surface area contributed by atoms with Crippen molar-refractivity contribution in [1.29, 1.82) is 0 Å². The number of fused-ring (bicyclic) bond motifs is 1. The topological polar surface area (TPSA) is 180 Å². The van der Waals surface area contributed by atoms with Crippen molar-refractivity contribution in [2.45, 2.75) is 30.6 Å². The fourth-order valence-corrected chi connectivity index (χ4v) is 2.72. The molecular weight excluding hydrogens is 381 g/mol. The van der Waals surface area contributed by atoms with Crippen molar-refractivity contribution in [1.82, 2.24) is 4.90 Å². The fourth-order valence-electron chi connectivity index (χ4n) is 2.39. The Morgan fingerprint density at radius 3 is 2.64 bits per heavy atom. The van der Waals surface area contributed by atoms with Gasteiger partial charge in [0.25, 0.3) is 5.91 Å². The molecule has 3 aliphatic rings. The van der Waals surface area contributed by atoms with Gasteiger partial charge in [-0.2, -0.15) is 4.99 Å². The van der Waals surface area contributed by atoms with Crippen LogP contribution in [0.25, 0.3) is 0 Å². The largest absolute Gasteiger partial charge is 1.00 e. The molecule has 126 valence electrons. The van der Waals surface area contributed by atoms with Gasteiger partial charge in [0.15, 0.2) is 12.3 Å². The van der Waals surface area contributed by atoms with Gasteiger partial charge in [0.1, 0.15) is 30.5 Å². The van der Waals surface area contributed by atoms with Crippen LogP contribution in [0, 0.1) is 0 Å². The zero-order chi connectivity index (χ0) is 16.8. The molecule has 0 aromatic carbocycles. The summed E-state index contributed by atoms with van der Waals surface area (Å²) < 4.78 is 19.9. The van der Waals surface area contributed by atoms with E-state index in [1.165, 1.54) is 11.2 Å². The van der Waals surface area contributed by atoms with Crippen molar-refractivity contribution in [3.05, 3.63) is 0 Å². The van der Waals surface area contributed by atoms with E-state index in [-0.39, 0.29) is 65.0 Å². The quantitative estimate of drug-likeness (QED) is 0.347. The normalized spacial score (nSPS) is 33.6. The number of aliphatic hydroxyl groups excluding tert-OH is 2. The average molecular weight is 392 g/mol. The second-order valence-electron chi connectivity index (χ2n) is 4.93. The molecule has 0 aliphatic carbocycles. The van der Waals surface area contributed by atoms with Crippen molar-refractivity contribution < 1.29 is 97.7 Å². The summed E-state index contributed by atoms with van der Waals surface area (Å²) in [5.41, 5.74) is 0. The van der Waals surface area contributed by atoms with Crippen LogP contribution in [0.3, 0.4) is 0 Å². The molecule has 15 heteroatoms. The second-order valence-corrected chi connectivity index (χ2v) is 6.09. The molecule has 25 heavy (non-hydrogen) atoms. The molecule has 3 aliphatic heterocycles. The Morgan fingerprint density at radius 2 is 2.00 bits per heavy atom. The third-order valence-corrected chi connectivity index (χ3v) is 3.93. The SMILES string of the molecule is O=C1N=CN=C2C1N=CN2[C@@H]1OC(COP(=O)([O-])[O-])C(O)C1O.[Na+].[Na+]. The van der Waals surface area contributed by atoms with E-state index in [2.05, 4.69) is 19.5 Å². The van der Waals surface area contributed by atoms with Crippen molar-refractivity contribution in [3.63, 3.8) is 0 Å². The van der Waals surface area contributed by atoms with Crippen LogP contribution in [0.15, 0.2) is 15.0 Å². The Bertz CT molecular complexity index is 655. The summed E-state index contributed by atoms with van der Waals surface area (Å²) >= 11 is 0. The molecule has 1 saturated heterocycles. The van der Waals surface area contributed by atoms with Crippen LogP contribution in [-0.2, 0) is 18.6 Å². The molecule has 4 unspecified atom stereocenters. The Morgan fingerprint density at radius 1 is 1.32 bits per heavy atom. The van der Waals surface area contributed by atoms with Gasteiger partial charge in [-0.1, -0.05) is 0 Å². The van der Waals surface area contributed by atoms with E-state index in [0.717, 1.165) is 6.34 Å². The first-order chi connectivity index (χ1) is 10.8. The van der Waals surface area contributed by atoms with Gasteiger partial charge >= 0.3 is 59.1 Å². The Labute approximate surface area is 185 Å². The molecule has 0 bridgehead atoms. The molecule has 0 aromatic rings. The minimum Gasteiger partial charge on any atom is -0.790 e. The van der Waals surface area contributed by atoms with Gasteiger partial charge in [-0.05, 0) is 0 Å². The smallest absolute Gasteiger partial charge is 0.790 e. The summed E-state index contributed by atoms with van der Waals surface area (Å²) in [6.45, 7) is -0.750. The van der Waals surface area contributed by atoms with E-state index in [4.69, 9.17) is 4.74 Å². The number of hydrogen-bond acceptors (Lipinski definition) is 11. The first-order valence-electron chi connectivity index (χ1n) is 6.42. The molecule has 5 atom stereocenters. The Kier molecular flexibility index (Phi) is 8.56. The third kappa shape index (κ3) is 5.05. The van der Waals surface area contributed by atoms with Crippen LogP contribution in [0.4, 0.5) is 0 Å². The number of nitrogens with zero attached hydrogens (tertiary/aromatic N) is 4. The number of aliphatic hydroxyl groups is 2. The predicted molar refractivity (Wildman–Crippen MR) is 69.3 cm³/mol. The molecule has 3 heterocycles. The number of rotatable bonds is 4. The van der Waals surface area contributed by atoms with E-state index in [1.807, 2.05) is 0 Å². The van der Waals surface area contributed by atoms with Gasteiger partial charge < -0.3 is 33.8 Å². The first kappa shape index (κ1) is 23.5. The molecule has 0 spiro atoms. The van der Waals surface area contributed by atoms with Crippen LogP contribution in [-0.4, -0.2) is 76.7 Å². The monoisotopic (exact) mass is 392 g/mol. The van der Waals surface area contributed by atoms with E-state index >= 15 is 0 Å². The van der Waals surface area contributed by atoms with Gasteiger partial charge in [-0.15, -0.1) is 0 Å². The number of phosphoric acid groups is 1. The van der Waals surface area contributed by atoms with Crippen LogP contribution in [0.1, 0.15) is 0 Å². The van der Waals surface area contributed by atoms with E-state index in [1.54, 1.807) is 0 Å². The number of ether oxygens (including phenoxy) is 1. The average Bonchev–Trinajstić information content (AvgIpc) is 3.01. The molecule has 1 amide bonds. The number of carbonyl (C=O) groups excluding carboxylic acids is 1. The van der Waals surface area contributed by atoms with Crippen molar-refractivity contribution >= 4 is 32.2 Å². The summed E-state index contributed by atoms with van der Waals surface area (Å²) in [5, 5.41) is 19.9. The van der Waals surface area contributed by atoms with Crippen LogP contribution in [0.5, 0.6) is 0 Å². The van der Waals surface area contributed by atoms with E-state index in [9.17, 15) is 29.4 Å². The van der Waals surface area contributed by atoms with Crippen molar-refractivity contribution in [2.75, 3.05) is 6.61 Å². The van der Waals surface area contributed by atoms with Crippen molar-refractivity contribution in [2.24, 2.45) is 15.0 Å². The molecular formula is C10H11N4Na2O8P. The molecule has 3 rings (SSSR count). The Hall–Kier alpha value is 0.470. The van der Waals surface area contributed by atoms with Crippen molar-refractivity contribution in [3.8, 4) is 0 Å². The zero-order valence-corrected chi connectivity index (χ0v) is 18.2.